The summed E-state index contributed by atoms with van der Waals surface area (Å²) in [6.07, 6.45) is 5.54. The van der Waals surface area contributed by atoms with Crippen LogP contribution in [0.5, 0.6) is 0 Å². The first-order valence-corrected chi connectivity index (χ1v) is 5.28. The van der Waals surface area contributed by atoms with E-state index in [1.807, 2.05) is 0 Å². The van der Waals surface area contributed by atoms with Crippen molar-refractivity contribution < 1.29 is 0 Å². The van der Waals surface area contributed by atoms with E-state index in [-0.39, 0.29) is 0 Å². The van der Waals surface area contributed by atoms with Crippen LogP contribution in [-0.2, 0) is 0 Å². The van der Waals surface area contributed by atoms with Gasteiger partial charge >= 0.3 is 0 Å². The topological polar surface area (TPSA) is 24.1 Å². The van der Waals surface area contributed by atoms with Crippen molar-refractivity contribution in [3.8, 4) is 0 Å². The van der Waals surface area contributed by atoms with Crippen molar-refractivity contribution in [3.05, 3.63) is 0 Å². The fourth-order valence-corrected chi connectivity index (χ4v) is 2.60. The van der Waals surface area contributed by atoms with E-state index < -0.39 is 0 Å². The van der Waals surface area contributed by atoms with Gasteiger partial charge in [0, 0.05) is 24.2 Å². The molecule has 2 aliphatic rings. The molecule has 0 aromatic carbocycles. The van der Waals surface area contributed by atoms with Crippen molar-refractivity contribution in [2.24, 2.45) is 0 Å². The van der Waals surface area contributed by atoms with E-state index in [0.29, 0.717) is 6.04 Å². The second kappa shape index (κ2) is 3.35. The van der Waals surface area contributed by atoms with Gasteiger partial charge in [0.25, 0.3) is 0 Å². The van der Waals surface area contributed by atoms with Gasteiger partial charge in [0.1, 0.15) is 0 Å². The van der Waals surface area contributed by atoms with Crippen LogP contribution in [0.1, 0.15) is 39.5 Å². The Morgan fingerprint density at radius 3 is 2.67 bits per heavy atom. The van der Waals surface area contributed by atoms with Gasteiger partial charge in [-0.15, -0.1) is 0 Å². The summed E-state index contributed by atoms with van der Waals surface area (Å²) in [6.45, 7) is 4.47. The zero-order valence-corrected chi connectivity index (χ0v) is 8.14. The third-order valence-electron chi connectivity index (χ3n) is 3.14. The van der Waals surface area contributed by atoms with Gasteiger partial charge in [-0.25, -0.2) is 0 Å². The van der Waals surface area contributed by atoms with Crippen molar-refractivity contribution in [3.63, 3.8) is 0 Å². The monoisotopic (exact) mass is 168 g/mol. The molecule has 2 heterocycles. The number of hydrogen-bond donors (Lipinski definition) is 2. The quantitative estimate of drug-likeness (QED) is 0.649. The van der Waals surface area contributed by atoms with E-state index in [1.165, 1.54) is 25.7 Å². The Kier molecular flexibility index (Phi) is 2.37. The number of rotatable bonds is 2. The molecule has 0 radical (unpaired) electrons. The summed E-state index contributed by atoms with van der Waals surface area (Å²) in [5.41, 5.74) is 0. The largest absolute Gasteiger partial charge is 0.310 e. The van der Waals surface area contributed by atoms with E-state index >= 15 is 0 Å². The highest BCUT2D eigenvalue weighted by Crippen LogP contribution is 2.26. The maximum Gasteiger partial charge on any atom is 0.0224 e. The Labute approximate surface area is 75.1 Å². The molecule has 2 saturated heterocycles. The molecule has 2 rings (SSSR count). The molecule has 0 aromatic rings. The van der Waals surface area contributed by atoms with Crippen LogP contribution in [0.2, 0.25) is 0 Å². The number of nitrogens with one attached hydrogen (secondary N) is 2. The number of piperidine rings is 1. The lowest BCUT2D eigenvalue weighted by Crippen LogP contribution is -2.52. The Bertz CT molecular complexity index is 156. The normalized spacial score (nSPS) is 40.8. The summed E-state index contributed by atoms with van der Waals surface area (Å²) in [4.78, 5) is 0. The summed E-state index contributed by atoms with van der Waals surface area (Å²) in [5.74, 6) is 0. The maximum absolute atomic E-state index is 3.68. The summed E-state index contributed by atoms with van der Waals surface area (Å²) >= 11 is 0. The van der Waals surface area contributed by atoms with Crippen molar-refractivity contribution in [1.82, 2.24) is 10.6 Å². The fraction of sp³-hybridized carbons (Fsp3) is 1.00. The Morgan fingerprint density at radius 1 is 1.17 bits per heavy atom. The summed E-state index contributed by atoms with van der Waals surface area (Å²) in [7, 11) is 0. The van der Waals surface area contributed by atoms with Gasteiger partial charge in [0.2, 0.25) is 0 Å². The second-order valence-corrected chi connectivity index (χ2v) is 4.55. The fourth-order valence-electron chi connectivity index (χ4n) is 2.60. The molecule has 0 spiro atoms. The van der Waals surface area contributed by atoms with Gasteiger partial charge in [-0.05, 0) is 25.7 Å². The van der Waals surface area contributed by atoms with Crippen molar-refractivity contribution in [2.75, 3.05) is 0 Å². The SMILES string of the molecule is CC(C)N[C@@H]1CC[C@@H]2CC[C@H]1N2. The van der Waals surface area contributed by atoms with Crippen LogP contribution in [0.15, 0.2) is 0 Å². The third-order valence-corrected chi connectivity index (χ3v) is 3.14. The molecular weight excluding hydrogens is 148 g/mol. The van der Waals surface area contributed by atoms with Gasteiger partial charge in [0.15, 0.2) is 0 Å². The highest BCUT2D eigenvalue weighted by atomic mass is 15.1. The van der Waals surface area contributed by atoms with Gasteiger partial charge in [-0.2, -0.15) is 0 Å². The van der Waals surface area contributed by atoms with E-state index in [9.17, 15) is 0 Å². The van der Waals surface area contributed by atoms with Crippen LogP contribution >= 0.6 is 0 Å². The van der Waals surface area contributed by atoms with Crippen LogP contribution < -0.4 is 10.6 Å². The molecule has 2 N–H and O–H groups in total. The van der Waals surface area contributed by atoms with Gasteiger partial charge < -0.3 is 10.6 Å². The smallest absolute Gasteiger partial charge is 0.0224 e. The minimum Gasteiger partial charge on any atom is -0.310 e. The highest BCUT2D eigenvalue weighted by Gasteiger charge is 2.34. The molecule has 0 unspecified atom stereocenters. The first kappa shape index (κ1) is 8.52. The first-order chi connectivity index (χ1) is 5.75. The van der Waals surface area contributed by atoms with Crippen LogP contribution in [0.3, 0.4) is 0 Å². The highest BCUT2D eigenvalue weighted by molar-refractivity contribution is 4.97. The summed E-state index contributed by atoms with van der Waals surface area (Å²) in [6, 6.07) is 2.99. The van der Waals surface area contributed by atoms with Gasteiger partial charge in [-0.1, -0.05) is 13.8 Å². The lowest BCUT2D eigenvalue weighted by molar-refractivity contribution is 0.295. The predicted octanol–water partition coefficient (Wildman–Crippen LogP) is 1.27. The van der Waals surface area contributed by atoms with E-state index in [2.05, 4.69) is 24.5 Å². The van der Waals surface area contributed by atoms with Crippen LogP contribution in [0, 0.1) is 0 Å². The Hall–Kier alpha value is -0.0800. The zero-order valence-electron chi connectivity index (χ0n) is 8.14. The van der Waals surface area contributed by atoms with E-state index in [4.69, 9.17) is 0 Å². The zero-order chi connectivity index (χ0) is 8.55. The molecule has 0 aliphatic carbocycles. The minimum atomic E-state index is 0.633. The molecule has 2 bridgehead atoms. The maximum atomic E-state index is 3.68. The summed E-state index contributed by atoms with van der Waals surface area (Å²) in [5, 5.41) is 7.33. The Balaban J connectivity index is 1.89. The lowest BCUT2D eigenvalue weighted by Gasteiger charge is -2.32. The molecule has 2 fully saturated rings. The summed E-state index contributed by atoms with van der Waals surface area (Å²) < 4.78 is 0. The number of hydrogen-bond acceptors (Lipinski definition) is 2. The lowest BCUT2D eigenvalue weighted by atomic mass is 9.99. The molecule has 3 atom stereocenters. The molecular formula is C10H20N2. The van der Waals surface area contributed by atoms with Crippen LogP contribution in [0.25, 0.3) is 0 Å². The van der Waals surface area contributed by atoms with E-state index in [1.54, 1.807) is 0 Å². The molecule has 0 aromatic heterocycles. The molecule has 0 amide bonds. The third kappa shape index (κ3) is 1.64. The second-order valence-electron chi connectivity index (χ2n) is 4.55. The van der Waals surface area contributed by atoms with Gasteiger partial charge in [0.05, 0.1) is 0 Å². The van der Waals surface area contributed by atoms with Crippen molar-refractivity contribution in [2.45, 2.75) is 63.7 Å². The van der Waals surface area contributed by atoms with Crippen molar-refractivity contribution >= 4 is 0 Å². The standard InChI is InChI=1S/C10H20N2/c1-7(2)11-9-5-3-8-4-6-10(9)12-8/h7-12H,3-6H2,1-2H3/t8-,9-,10-/m1/s1. The van der Waals surface area contributed by atoms with Crippen LogP contribution in [-0.4, -0.2) is 24.2 Å². The van der Waals surface area contributed by atoms with Crippen molar-refractivity contribution in [1.29, 1.82) is 0 Å². The average Bonchev–Trinajstić information content (AvgIpc) is 2.39. The first-order valence-electron chi connectivity index (χ1n) is 5.28. The minimum absolute atomic E-state index is 0.633. The molecule has 2 aliphatic heterocycles. The Morgan fingerprint density at radius 2 is 1.92 bits per heavy atom. The van der Waals surface area contributed by atoms with Crippen LogP contribution in [0.4, 0.5) is 0 Å². The molecule has 2 heteroatoms. The van der Waals surface area contributed by atoms with E-state index in [0.717, 1.165) is 18.1 Å². The molecule has 12 heavy (non-hydrogen) atoms. The average molecular weight is 168 g/mol. The molecule has 2 nitrogen and oxygen atoms in total. The number of fused-ring (bicyclic) bond motifs is 2. The molecule has 70 valence electrons. The molecule has 0 saturated carbocycles. The predicted molar refractivity (Wildman–Crippen MR) is 51.2 cm³/mol. The van der Waals surface area contributed by atoms with Gasteiger partial charge in [-0.3, -0.25) is 0 Å².